The summed E-state index contributed by atoms with van der Waals surface area (Å²) in [5, 5.41) is 11.0. The van der Waals surface area contributed by atoms with E-state index >= 15 is 0 Å². The van der Waals surface area contributed by atoms with Gasteiger partial charge in [0.2, 0.25) is 0 Å². The first-order valence-electron chi connectivity index (χ1n) is 7.27. The molecule has 1 spiro atoms. The normalized spacial score (nSPS) is 27.1. The van der Waals surface area contributed by atoms with Crippen molar-refractivity contribution >= 4 is 21.6 Å². The van der Waals surface area contributed by atoms with Crippen LogP contribution >= 0.6 is 15.9 Å². The third kappa shape index (κ3) is 2.54. The molecule has 2 fully saturated rings. The second-order valence-electron chi connectivity index (χ2n) is 5.97. The molecule has 0 aromatic heterocycles. The summed E-state index contributed by atoms with van der Waals surface area (Å²) in [6.07, 6.45) is 6.43. The number of nitro benzene ring substituents is 1. The van der Waals surface area contributed by atoms with Crippen molar-refractivity contribution in [1.82, 2.24) is 0 Å². The van der Waals surface area contributed by atoms with Crippen LogP contribution in [-0.4, -0.2) is 15.9 Å². The van der Waals surface area contributed by atoms with E-state index < -0.39 is 10.7 Å². The van der Waals surface area contributed by atoms with Crippen LogP contribution in [-0.2, 0) is 0 Å². The third-order valence-corrected chi connectivity index (χ3v) is 6.14. The Balaban J connectivity index is 1.84. The topological polar surface area (TPSA) is 52.4 Å². The van der Waals surface area contributed by atoms with Crippen LogP contribution in [0.3, 0.4) is 0 Å². The van der Waals surface area contributed by atoms with Crippen LogP contribution in [0.5, 0.6) is 5.75 Å². The van der Waals surface area contributed by atoms with E-state index in [1.54, 1.807) is 0 Å². The molecule has 0 heterocycles. The zero-order valence-electron chi connectivity index (χ0n) is 11.6. The summed E-state index contributed by atoms with van der Waals surface area (Å²) in [7, 11) is 0. The average Bonchev–Trinajstić information content (AvgIpc) is 2.47. The van der Waals surface area contributed by atoms with Crippen molar-refractivity contribution < 1.29 is 14.1 Å². The lowest BCUT2D eigenvalue weighted by Crippen LogP contribution is -2.57. The van der Waals surface area contributed by atoms with Crippen LogP contribution in [0.1, 0.15) is 38.5 Å². The Labute approximate surface area is 131 Å². The SMILES string of the molecule is O=[N+]([O-])c1ccc(F)cc1OC1CC(Br)C12CCCCC2. The number of hydrogen-bond acceptors (Lipinski definition) is 3. The molecule has 2 aliphatic carbocycles. The van der Waals surface area contributed by atoms with Crippen molar-refractivity contribution in [2.45, 2.75) is 49.5 Å². The van der Waals surface area contributed by atoms with Gasteiger partial charge in [-0.2, -0.15) is 0 Å². The summed E-state index contributed by atoms with van der Waals surface area (Å²) in [5.74, 6) is -0.461. The molecule has 114 valence electrons. The van der Waals surface area contributed by atoms with Crippen molar-refractivity contribution in [2.75, 3.05) is 0 Å². The van der Waals surface area contributed by atoms with Gasteiger partial charge in [0.15, 0.2) is 5.75 Å². The fourth-order valence-electron chi connectivity index (χ4n) is 3.60. The van der Waals surface area contributed by atoms with Gasteiger partial charge in [0.1, 0.15) is 11.9 Å². The first-order chi connectivity index (χ1) is 10.0. The van der Waals surface area contributed by atoms with Crippen LogP contribution in [0, 0.1) is 21.3 Å². The highest BCUT2D eigenvalue weighted by Crippen LogP contribution is 2.56. The Morgan fingerprint density at radius 2 is 2.05 bits per heavy atom. The van der Waals surface area contributed by atoms with Crippen molar-refractivity contribution in [2.24, 2.45) is 5.41 Å². The lowest BCUT2D eigenvalue weighted by Gasteiger charge is -2.55. The lowest BCUT2D eigenvalue weighted by atomic mass is 9.58. The van der Waals surface area contributed by atoms with E-state index in [4.69, 9.17) is 4.74 Å². The molecule has 21 heavy (non-hydrogen) atoms. The van der Waals surface area contributed by atoms with E-state index in [1.165, 1.54) is 12.5 Å². The van der Waals surface area contributed by atoms with Gasteiger partial charge in [-0.25, -0.2) is 4.39 Å². The number of ether oxygens (including phenoxy) is 1. The van der Waals surface area contributed by atoms with Gasteiger partial charge in [0.05, 0.1) is 4.92 Å². The molecule has 4 nitrogen and oxygen atoms in total. The summed E-state index contributed by atoms with van der Waals surface area (Å²) in [5.41, 5.74) is -0.112. The van der Waals surface area contributed by atoms with Gasteiger partial charge < -0.3 is 4.74 Å². The molecule has 0 bridgehead atoms. The minimum atomic E-state index is -0.521. The monoisotopic (exact) mass is 357 g/mol. The predicted molar refractivity (Wildman–Crippen MR) is 80.3 cm³/mol. The van der Waals surface area contributed by atoms with E-state index in [9.17, 15) is 14.5 Å². The number of alkyl halides is 1. The van der Waals surface area contributed by atoms with Crippen molar-refractivity contribution in [3.05, 3.63) is 34.1 Å². The zero-order valence-corrected chi connectivity index (χ0v) is 13.1. The number of rotatable bonds is 3. The summed E-state index contributed by atoms with van der Waals surface area (Å²) < 4.78 is 19.3. The fraction of sp³-hybridized carbons (Fsp3) is 0.600. The highest BCUT2D eigenvalue weighted by atomic mass is 79.9. The molecular formula is C15H17BrFNO3. The maximum atomic E-state index is 13.4. The molecular weight excluding hydrogens is 341 g/mol. The number of nitro groups is 1. The summed E-state index contributed by atoms with van der Waals surface area (Å²) >= 11 is 3.71. The highest BCUT2D eigenvalue weighted by molar-refractivity contribution is 9.09. The largest absolute Gasteiger partial charge is 0.483 e. The van der Waals surface area contributed by atoms with Crippen molar-refractivity contribution in [1.29, 1.82) is 0 Å². The van der Waals surface area contributed by atoms with E-state index in [0.717, 1.165) is 44.2 Å². The maximum absolute atomic E-state index is 13.4. The van der Waals surface area contributed by atoms with Gasteiger partial charge in [-0.15, -0.1) is 0 Å². The molecule has 3 rings (SSSR count). The predicted octanol–water partition coefficient (Wildman–Crippen LogP) is 4.60. The molecule has 0 N–H and O–H groups in total. The molecule has 2 saturated carbocycles. The number of hydrogen-bond donors (Lipinski definition) is 0. The molecule has 2 unspecified atom stereocenters. The first kappa shape index (κ1) is 14.8. The molecule has 1 aromatic rings. The molecule has 0 radical (unpaired) electrons. The Kier molecular flexibility index (Phi) is 3.90. The summed E-state index contributed by atoms with van der Waals surface area (Å²) in [4.78, 5) is 10.9. The van der Waals surface area contributed by atoms with Gasteiger partial charge >= 0.3 is 5.69 Å². The van der Waals surface area contributed by atoms with Gasteiger partial charge in [-0.1, -0.05) is 35.2 Å². The summed E-state index contributed by atoms with van der Waals surface area (Å²) in [6, 6.07) is 3.38. The molecule has 2 aliphatic rings. The third-order valence-electron chi connectivity index (χ3n) is 4.86. The Morgan fingerprint density at radius 3 is 2.67 bits per heavy atom. The smallest absolute Gasteiger partial charge is 0.311 e. The number of benzene rings is 1. The van der Waals surface area contributed by atoms with Crippen LogP contribution in [0.15, 0.2) is 18.2 Å². The Hall–Kier alpha value is -1.17. The van der Waals surface area contributed by atoms with Crippen molar-refractivity contribution in [3.63, 3.8) is 0 Å². The van der Waals surface area contributed by atoms with Gasteiger partial charge in [-0.05, 0) is 25.3 Å². The maximum Gasteiger partial charge on any atom is 0.311 e. The quantitative estimate of drug-likeness (QED) is 0.451. The zero-order chi connectivity index (χ0) is 15.0. The minimum absolute atomic E-state index is 0.0503. The van der Waals surface area contributed by atoms with Gasteiger partial charge in [-0.3, -0.25) is 10.1 Å². The Morgan fingerprint density at radius 1 is 1.33 bits per heavy atom. The van der Waals surface area contributed by atoms with E-state index in [1.807, 2.05) is 0 Å². The second kappa shape index (κ2) is 5.55. The fourth-order valence-corrected chi connectivity index (χ4v) is 4.69. The molecule has 0 aliphatic heterocycles. The number of halogens is 2. The van der Waals surface area contributed by atoms with E-state index in [0.29, 0.717) is 4.83 Å². The Bertz CT molecular complexity index is 560. The van der Waals surface area contributed by atoms with Crippen LogP contribution in [0.2, 0.25) is 0 Å². The molecule has 2 atom stereocenters. The van der Waals surface area contributed by atoms with E-state index in [-0.39, 0.29) is 23.0 Å². The highest BCUT2D eigenvalue weighted by Gasteiger charge is 2.55. The molecule has 0 amide bonds. The minimum Gasteiger partial charge on any atom is -0.483 e. The van der Waals surface area contributed by atoms with Gasteiger partial charge in [0, 0.05) is 22.4 Å². The molecule has 1 aromatic carbocycles. The van der Waals surface area contributed by atoms with Crippen LogP contribution in [0.25, 0.3) is 0 Å². The van der Waals surface area contributed by atoms with Crippen molar-refractivity contribution in [3.8, 4) is 5.75 Å². The molecule has 6 heteroatoms. The second-order valence-corrected chi connectivity index (χ2v) is 7.08. The lowest BCUT2D eigenvalue weighted by molar-refractivity contribution is -0.386. The first-order valence-corrected chi connectivity index (χ1v) is 8.19. The standard InChI is InChI=1S/C15H17BrFNO3/c16-13-9-14(15(13)6-2-1-3-7-15)21-12-8-10(17)4-5-11(12)18(19)20/h4-5,8,13-14H,1-3,6-7,9H2. The number of nitrogens with zero attached hydrogens (tertiary/aromatic N) is 1. The average molecular weight is 358 g/mol. The van der Waals surface area contributed by atoms with Crippen LogP contribution < -0.4 is 4.74 Å². The molecule has 0 saturated heterocycles. The summed E-state index contributed by atoms with van der Waals surface area (Å²) in [6.45, 7) is 0. The van der Waals surface area contributed by atoms with Crippen LogP contribution in [0.4, 0.5) is 10.1 Å². The van der Waals surface area contributed by atoms with E-state index in [2.05, 4.69) is 15.9 Å². The van der Waals surface area contributed by atoms with Gasteiger partial charge in [0.25, 0.3) is 0 Å².